The molecule has 30 heavy (non-hydrogen) atoms. The lowest BCUT2D eigenvalue weighted by atomic mass is 10.1. The van der Waals surface area contributed by atoms with Gasteiger partial charge in [-0.05, 0) is 51.3 Å². The summed E-state index contributed by atoms with van der Waals surface area (Å²) in [7, 11) is 0. The van der Waals surface area contributed by atoms with Gasteiger partial charge in [0, 0.05) is 17.2 Å². The third kappa shape index (κ3) is 4.56. The molecular weight excluding hydrogens is 374 g/mol. The molecule has 0 bridgehead atoms. The van der Waals surface area contributed by atoms with Crippen LogP contribution < -0.4 is 10.1 Å². The number of amides is 1. The van der Waals surface area contributed by atoms with E-state index in [0.717, 1.165) is 16.9 Å². The van der Waals surface area contributed by atoms with Crippen LogP contribution >= 0.6 is 0 Å². The Morgan fingerprint density at radius 3 is 2.50 bits per heavy atom. The average Bonchev–Trinajstić information content (AvgIpc) is 3.48. The summed E-state index contributed by atoms with van der Waals surface area (Å²) >= 11 is 0. The van der Waals surface area contributed by atoms with Gasteiger partial charge in [-0.2, -0.15) is 5.10 Å². The molecule has 1 fully saturated rings. The van der Waals surface area contributed by atoms with Gasteiger partial charge in [0.2, 0.25) is 0 Å². The molecule has 1 heterocycles. The molecule has 0 saturated heterocycles. The second kappa shape index (κ2) is 8.34. The minimum atomic E-state index is -0.153. The van der Waals surface area contributed by atoms with Gasteiger partial charge in [0.15, 0.2) is 0 Å². The molecule has 0 aliphatic heterocycles. The molecule has 3 aromatic rings. The summed E-state index contributed by atoms with van der Waals surface area (Å²) in [5.74, 6) is 1.20. The summed E-state index contributed by atoms with van der Waals surface area (Å²) in [6.45, 7) is 7.16. The predicted octanol–water partition coefficient (Wildman–Crippen LogP) is 4.99. The van der Waals surface area contributed by atoms with Gasteiger partial charge in [-0.3, -0.25) is 9.48 Å². The summed E-state index contributed by atoms with van der Waals surface area (Å²) in [6.07, 6.45) is 2.36. The van der Waals surface area contributed by atoms with Crippen LogP contribution in [0.1, 0.15) is 55.7 Å². The maximum absolute atomic E-state index is 12.6. The lowest BCUT2D eigenvalue weighted by Crippen LogP contribution is -2.29. The van der Waals surface area contributed by atoms with Crippen molar-refractivity contribution in [3.63, 3.8) is 0 Å². The molecule has 1 N–H and O–H groups in total. The number of nitrogens with one attached hydrogen (secondary N) is 1. The van der Waals surface area contributed by atoms with Gasteiger partial charge < -0.3 is 10.1 Å². The number of aromatic nitrogens is 2. The maximum atomic E-state index is 12.6. The molecule has 1 aliphatic rings. The van der Waals surface area contributed by atoms with Crippen molar-refractivity contribution < 1.29 is 9.53 Å². The zero-order valence-corrected chi connectivity index (χ0v) is 17.9. The number of para-hydroxylation sites is 1. The average molecular weight is 404 g/mol. The number of benzene rings is 2. The third-order valence-corrected chi connectivity index (χ3v) is 5.22. The van der Waals surface area contributed by atoms with Crippen LogP contribution in [-0.4, -0.2) is 28.8 Å². The van der Waals surface area contributed by atoms with Gasteiger partial charge >= 0.3 is 0 Å². The van der Waals surface area contributed by atoms with Crippen molar-refractivity contribution in [2.45, 2.75) is 45.1 Å². The quantitative estimate of drug-likeness (QED) is 0.565. The summed E-state index contributed by atoms with van der Waals surface area (Å²) in [4.78, 5) is 12.6. The van der Waals surface area contributed by atoms with Crippen LogP contribution in [0, 0.1) is 0 Å². The van der Waals surface area contributed by atoms with E-state index in [4.69, 9.17) is 4.74 Å². The normalized spacial score (nSPS) is 13.8. The lowest BCUT2D eigenvalue weighted by Gasteiger charge is -2.22. The highest BCUT2D eigenvalue weighted by Gasteiger charge is 2.32. The fourth-order valence-electron chi connectivity index (χ4n) is 3.58. The van der Waals surface area contributed by atoms with Crippen molar-refractivity contribution in [3.8, 4) is 16.9 Å². The van der Waals surface area contributed by atoms with Gasteiger partial charge in [0.25, 0.3) is 5.91 Å². The lowest BCUT2D eigenvalue weighted by molar-refractivity contribution is 0.0940. The second-order valence-corrected chi connectivity index (χ2v) is 8.78. The molecule has 2 aromatic carbocycles. The minimum Gasteiger partial charge on any atom is -0.491 e. The molecule has 0 unspecified atom stereocenters. The molecule has 1 aromatic heterocycles. The number of hydrogen-bond acceptors (Lipinski definition) is 3. The van der Waals surface area contributed by atoms with E-state index in [2.05, 4.69) is 43.3 Å². The Bertz CT molecular complexity index is 1010. The van der Waals surface area contributed by atoms with Crippen molar-refractivity contribution in [2.75, 3.05) is 13.2 Å². The van der Waals surface area contributed by atoms with Crippen LogP contribution in [0.4, 0.5) is 0 Å². The highest BCUT2D eigenvalue weighted by molar-refractivity contribution is 5.92. The first-order chi connectivity index (χ1) is 14.4. The first-order valence-corrected chi connectivity index (χ1v) is 10.6. The Kier molecular flexibility index (Phi) is 5.62. The summed E-state index contributed by atoms with van der Waals surface area (Å²) in [5, 5.41) is 7.54. The van der Waals surface area contributed by atoms with Gasteiger partial charge in [-0.1, -0.05) is 48.5 Å². The molecule has 5 heteroatoms. The van der Waals surface area contributed by atoms with E-state index in [1.165, 1.54) is 18.5 Å². The van der Waals surface area contributed by atoms with E-state index in [0.29, 0.717) is 24.8 Å². The number of carbonyl (C=O) groups is 1. The fourth-order valence-corrected chi connectivity index (χ4v) is 3.58. The maximum Gasteiger partial charge on any atom is 0.271 e. The molecule has 0 spiro atoms. The zero-order chi connectivity index (χ0) is 21.1. The zero-order valence-electron chi connectivity index (χ0n) is 17.9. The first-order valence-electron chi connectivity index (χ1n) is 10.6. The van der Waals surface area contributed by atoms with E-state index in [1.807, 2.05) is 53.2 Å². The second-order valence-electron chi connectivity index (χ2n) is 8.78. The first kappa shape index (κ1) is 20.2. The van der Waals surface area contributed by atoms with Crippen molar-refractivity contribution in [3.05, 3.63) is 72.1 Å². The number of ether oxygens (including phenoxy) is 1. The van der Waals surface area contributed by atoms with Crippen molar-refractivity contribution >= 4 is 5.91 Å². The predicted molar refractivity (Wildman–Crippen MR) is 119 cm³/mol. The standard InChI is InChI=1S/C25H29N3O2/c1-25(2,3)28-22(19-13-14-19)17-21(27-28)24(29)26-15-16-30-23-12-8-7-11-20(23)18-9-5-4-6-10-18/h4-12,17,19H,13-16H2,1-3H3,(H,26,29). The van der Waals surface area contributed by atoms with Crippen LogP contribution in [0.5, 0.6) is 5.75 Å². The monoisotopic (exact) mass is 403 g/mol. The van der Waals surface area contributed by atoms with Gasteiger partial charge in [0.05, 0.1) is 12.1 Å². The van der Waals surface area contributed by atoms with Crippen LogP contribution in [-0.2, 0) is 5.54 Å². The van der Waals surface area contributed by atoms with E-state index < -0.39 is 0 Å². The highest BCUT2D eigenvalue weighted by Crippen LogP contribution is 2.41. The Balaban J connectivity index is 1.36. The molecular formula is C25H29N3O2. The highest BCUT2D eigenvalue weighted by atomic mass is 16.5. The van der Waals surface area contributed by atoms with Gasteiger partial charge in [-0.25, -0.2) is 0 Å². The van der Waals surface area contributed by atoms with Gasteiger partial charge in [-0.15, -0.1) is 0 Å². The summed E-state index contributed by atoms with van der Waals surface area (Å²) in [6, 6.07) is 20.1. The molecule has 5 nitrogen and oxygen atoms in total. The summed E-state index contributed by atoms with van der Waals surface area (Å²) in [5.41, 5.74) is 3.66. The van der Waals surface area contributed by atoms with Crippen LogP contribution in [0.2, 0.25) is 0 Å². The number of carbonyl (C=O) groups excluding carboxylic acids is 1. The third-order valence-electron chi connectivity index (χ3n) is 5.22. The van der Waals surface area contributed by atoms with E-state index in [1.54, 1.807) is 0 Å². The van der Waals surface area contributed by atoms with Crippen LogP contribution in [0.3, 0.4) is 0 Å². The minimum absolute atomic E-state index is 0.138. The van der Waals surface area contributed by atoms with E-state index in [-0.39, 0.29) is 11.4 Å². The number of hydrogen-bond donors (Lipinski definition) is 1. The van der Waals surface area contributed by atoms with Crippen LogP contribution in [0.15, 0.2) is 60.7 Å². The van der Waals surface area contributed by atoms with E-state index in [9.17, 15) is 4.79 Å². The van der Waals surface area contributed by atoms with Crippen molar-refractivity contribution in [1.29, 1.82) is 0 Å². The topological polar surface area (TPSA) is 56.2 Å². The Labute approximate surface area is 178 Å². The van der Waals surface area contributed by atoms with E-state index >= 15 is 0 Å². The summed E-state index contributed by atoms with van der Waals surface area (Å²) < 4.78 is 7.98. The molecule has 4 rings (SSSR count). The van der Waals surface area contributed by atoms with Crippen molar-refractivity contribution in [2.24, 2.45) is 0 Å². The smallest absolute Gasteiger partial charge is 0.271 e. The molecule has 1 aliphatic carbocycles. The molecule has 1 amide bonds. The Morgan fingerprint density at radius 2 is 1.80 bits per heavy atom. The Hall–Kier alpha value is -3.08. The van der Waals surface area contributed by atoms with Crippen LogP contribution in [0.25, 0.3) is 11.1 Å². The SMILES string of the molecule is CC(C)(C)n1nc(C(=O)NCCOc2ccccc2-c2ccccc2)cc1C1CC1. The molecule has 0 atom stereocenters. The Morgan fingerprint density at radius 1 is 1.10 bits per heavy atom. The molecule has 0 radical (unpaired) electrons. The van der Waals surface area contributed by atoms with Gasteiger partial charge in [0.1, 0.15) is 18.1 Å². The molecule has 1 saturated carbocycles. The number of nitrogens with zero attached hydrogens (tertiary/aromatic N) is 2. The number of rotatable bonds is 7. The molecule has 156 valence electrons. The fraction of sp³-hybridized carbons (Fsp3) is 0.360. The van der Waals surface area contributed by atoms with Crippen molar-refractivity contribution in [1.82, 2.24) is 15.1 Å². The largest absolute Gasteiger partial charge is 0.491 e.